The number of carbonyl (C=O) groups is 1. The number of anilines is 1. The van der Waals surface area contributed by atoms with Crippen molar-refractivity contribution < 1.29 is 9.53 Å². The summed E-state index contributed by atoms with van der Waals surface area (Å²) in [5.41, 5.74) is 9.08. The maximum absolute atomic E-state index is 11.7. The third-order valence-electron chi connectivity index (χ3n) is 3.78. The van der Waals surface area contributed by atoms with E-state index in [1.54, 1.807) is 0 Å². The zero-order valence-electron chi connectivity index (χ0n) is 11.6. The molecule has 0 atom stereocenters. The third kappa shape index (κ3) is 2.15. The van der Waals surface area contributed by atoms with Gasteiger partial charge in [0.05, 0.1) is 17.7 Å². The number of thiophene rings is 2. The van der Waals surface area contributed by atoms with Crippen molar-refractivity contribution in [2.45, 2.75) is 32.6 Å². The Hall–Kier alpha value is -1.33. The minimum atomic E-state index is -0.344. The van der Waals surface area contributed by atoms with Crippen LogP contribution in [0.15, 0.2) is 6.07 Å². The van der Waals surface area contributed by atoms with Gasteiger partial charge in [0.1, 0.15) is 4.88 Å². The van der Waals surface area contributed by atoms with Gasteiger partial charge in [0, 0.05) is 9.75 Å². The number of esters is 1. The number of ether oxygens (including phenoxy) is 1. The average Bonchev–Trinajstić information content (AvgIpc) is 3.01. The van der Waals surface area contributed by atoms with E-state index in [-0.39, 0.29) is 5.97 Å². The van der Waals surface area contributed by atoms with Crippen molar-refractivity contribution >= 4 is 34.3 Å². The molecule has 0 bridgehead atoms. The highest BCUT2D eigenvalue weighted by atomic mass is 32.1. The normalized spacial score (nSPS) is 14.1. The fraction of sp³-hybridized carbons (Fsp3) is 0.400. The van der Waals surface area contributed by atoms with Gasteiger partial charge in [-0.1, -0.05) is 0 Å². The van der Waals surface area contributed by atoms with Gasteiger partial charge in [-0.2, -0.15) is 0 Å². The third-order valence-corrected chi connectivity index (χ3v) is 6.49. The quantitative estimate of drug-likeness (QED) is 0.852. The van der Waals surface area contributed by atoms with E-state index in [0.717, 1.165) is 10.4 Å². The Morgan fingerprint density at radius 1 is 1.30 bits per heavy atom. The smallest absolute Gasteiger partial charge is 0.350 e. The standard InChI is InChI=1S/C15H17NO2S2/c1-8-12(16)14(15(17)18-2)20-13(8)11-7-9-5-3-4-6-10(9)19-11/h7H,3-6,16H2,1-2H3. The Morgan fingerprint density at radius 2 is 2.05 bits per heavy atom. The lowest BCUT2D eigenvalue weighted by Gasteiger charge is -2.08. The zero-order chi connectivity index (χ0) is 14.3. The van der Waals surface area contributed by atoms with Crippen molar-refractivity contribution in [1.82, 2.24) is 0 Å². The van der Waals surface area contributed by atoms with Gasteiger partial charge in [-0.05, 0) is 49.8 Å². The van der Waals surface area contributed by atoms with E-state index in [9.17, 15) is 4.79 Å². The van der Waals surface area contributed by atoms with Gasteiger partial charge in [-0.25, -0.2) is 4.79 Å². The highest BCUT2D eigenvalue weighted by molar-refractivity contribution is 7.23. The molecule has 0 fully saturated rings. The van der Waals surface area contributed by atoms with E-state index in [1.807, 2.05) is 18.3 Å². The van der Waals surface area contributed by atoms with Crippen LogP contribution in [0.4, 0.5) is 5.69 Å². The summed E-state index contributed by atoms with van der Waals surface area (Å²) < 4.78 is 4.80. The van der Waals surface area contributed by atoms with E-state index in [2.05, 4.69) is 6.07 Å². The fourth-order valence-corrected chi connectivity index (χ4v) is 5.17. The molecule has 20 heavy (non-hydrogen) atoms. The topological polar surface area (TPSA) is 52.3 Å². The summed E-state index contributed by atoms with van der Waals surface area (Å²) in [6.45, 7) is 1.98. The highest BCUT2D eigenvalue weighted by Crippen LogP contribution is 2.43. The molecular weight excluding hydrogens is 290 g/mol. The molecule has 0 aliphatic heterocycles. The summed E-state index contributed by atoms with van der Waals surface area (Å²) >= 11 is 3.29. The first kappa shape index (κ1) is 13.6. The Balaban J connectivity index is 2.06. The number of nitrogen functional groups attached to an aromatic ring is 1. The predicted molar refractivity (Wildman–Crippen MR) is 84.8 cm³/mol. The molecule has 3 nitrogen and oxygen atoms in total. The molecule has 0 radical (unpaired) electrons. The predicted octanol–water partition coefficient (Wildman–Crippen LogP) is 4.03. The summed E-state index contributed by atoms with van der Waals surface area (Å²) in [4.78, 5) is 16.1. The van der Waals surface area contributed by atoms with Gasteiger partial charge in [0.2, 0.25) is 0 Å². The molecule has 0 spiro atoms. The van der Waals surface area contributed by atoms with Crippen LogP contribution in [0.1, 0.15) is 38.5 Å². The van der Waals surface area contributed by atoms with Crippen molar-refractivity contribution in [2.24, 2.45) is 0 Å². The number of rotatable bonds is 2. The van der Waals surface area contributed by atoms with Crippen LogP contribution < -0.4 is 5.73 Å². The molecule has 3 rings (SSSR count). The van der Waals surface area contributed by atoms with E-state index in [0.29, 0.717) is 10.6 Å². The van der Waals surface area contributed by atoms with Gasteiger partial charge in [0.15, 0.2) is 0 Å². The maximum Gasteiger partial charge on any atom is 0.350 e. The van der Waals surface area contributed by atoms with E-state index in [1.165, 1.54) is 59.4 Å². The van der Waals surface area contributed by atoms with Gasteiger partial charge >= 0.3 is 5.97 Å². The van der Waals surface area contributed by atoms with Gasteiger partial charge < -0.3 is 10.5 Å². The average molecular weight is 307 g/mol. The number of aryl methyl sites for hydroxylation is 2. The minimum absolute atomic E-state index is 0.344. The number of hydrogen-bond acceptors (Lipinski definition) is 5. The molecule has 1 aliphatic rings. The largest absolute Gasteiger partial charge is 0.465 e. The highest BCUT2D eigenvalue weighted by Gasteiger charge is 2.22. The summed E-state index contributed by atoms with van der Waals surface area (Å²) in [5.74, 6) is -0.344. The number of carbonyl (C=O) groups excluding carboxylic acids is 1. The maximum atomic E-state index is 11.7. The monoisotopic (exact) mass is 307 g/mol. The molecule has 0 saturated heterocycles. The van der Waals surface area contributed by atoms with Crippen LogP contribution >= 0.6 is 22.7 Å². The Morgan fingerprint density at radius 3 is 2.75 bits per heavy atom. The van der Waals surface area contributed by atoms with Crippen LogP contribution in [0.3, 0.4) is 0 Å². The molecule has 0 saturated carbocycles. The second-order valence-corrected chi connectivity index (χ2v) is 7.21. The Bertz CT molecular complexity index is 646. The number of nitrogens with two attached hydrogens (primary N) is 1. The van der Waals surface area contributed by atoms with Crippen molar-refractivity contribution in [1.29, 1.82) is 0 Å². The van der Waals surface area contributed by atoms with Crippen LogP contribution in [0.25, 0.3) is 9.75 Å². The van der Waals surface area contributed by atoms with Gasteiger partial charge in [-0.15, -0.1) is 22.7 Å². The second kappa shape index (κ2) is 5.22. The van der Waals surface area contributed by atoms with Gasteiger partial charge in [-0.3, -0.25) is 0 Å². The van der Waals surface area contributed by atoms with Crippen LogP contribution in [-0.2, 0) is 17.6 Å². The Kier molecular flexibility index (Phi) is 3.56. The lowest BCUT2D eigenvalue weighted by Crippen LogP contribution is -2.01. The number of methoxy groups -OCH3 is 1. The Labute approximate surface area is 126 Å². The number of fused-ring (bicyclic) bond motifs is 1. The molecule has 2 N–H and O–H groups in total. The van der Waals surface area contributed by atoms with Crippen LogP contribution in [0, 0.1) is 6.92 Å². The van der Waals surface area contributed by atoms with E-state index in [4.69, 9.17) is 10.5 Å². The first-order valence-electron chi connectivity index (χ1n) is 6.71. The molecule has 0 unspecified atom stereocenters. The van der Waals surface area contributed by atoms with Gasteiger partial charge in [0.25, 0.3) is 0 Å². The van der Waals surface area contributed by atoms with E-state index >= 15 is 0 Å². The summed E-state index contributed by atoms with van der Waals surface area (Å²) in [6.07, 6.45) is 4.92. The molecule has 0 amide bonds. The summed E-state index contributed by atoms with van der Waals surface area (Å²) in [6, 6.07) is 2.28. The van der Waals surface area contributed by atoms with Crippen molar-refractivity contribution in [2.75, 3.05) is 12.8 Å². The second-order valence-electron chi connectivity index (χ2n) is 5.06. The van der Waals surface area contributed by atoms with Crippen LogP contribution in [0.2, 0.25) is 0 Å². The molecule has 2 aromatic heterocycles. The van der Waals surface area contributed by atoms with Crippen molar-refractivity contribution in [3.05, 3.63) is 26.9 Å². The molecule has 2 aromatic rings. The lowest BCUT2D eigenvalue weighted by atomic mass is 9.99. The summed E-state index contributed by atoms with van der Waals surface area (Å²) in [7, 11) is 1.39. The van der Waals surface area contributed by atoms with Crippen molar-refractivity contribution in [3.63, 3.8) is 0 Å². The first-order chi connectivity index (χ1) is 9.61. The van der Waals surface area contributed by atoms with Crippen LogP contribution in [0.5, 0.6) is 0 Å². The SMILES string of the molecule is COC(=O)c1sc(-c2cc3c(s2)CCCC3)c(C)c1N. The number of hydrogen-bond donors (Lipinski definition) is 1. The molecule has 5 heteroatoms. The molecular formula is C15H17NO2S2. The van der Waals surface area contributed by atoms with E-state index < -0.39 is 0 Å². The first-order valence-corrected chi connectivity index (χ1v) is 8.34. The van der Waals surface area contributed by atoms with Crippen molar-refractivity contribution in [3.8, 4) is 9.75 Å². The zero-order valence-corrected chi connectivity index (χ0v) is 13.2. The fourth-order valence-electron chi connectivity index (χ4n) is 2.61. The molecule has 106 valence electrons. The summed E-state index contributed by atoms with van der Waals surface area (Å²) in [5, 5.41) is 0. The van der Waals surface area contributed by atoms with Crippen LogP contribution in [-0.4, -0.2) is 13.1 Å². The molecule has 0 aromatic carbocycles. The lowest BCUT2D eigenvalue weighted by molar-refractivity contribution is 0.0607. The molecule has 2 heterocycles. The molecule has 1 aliphatic carbocycles. The minimum Gasteiger partial charge on any atom is -0.465 e.